The second-order valence-corrected chi connectivity index (χ2v) is 4.88. The molecule has 5 heteroatoms. The van der Waals surface area contributed by atoms with Gasteiger partial charge in [0.2, 0.25) is 5.91 Å². The van der Waals surface area contributed by atoms with Gasteiger partial charge in [-0.25, -0.2) is 0 Å². The van der Waals surface area contributed by atoms with Gasteiger partial charge in [-0.1, -0.05) is 24.6 Å². The molecule has 102 valence electrons. The Morgan fingerprint density at radius 2 is 2.00 bits per heavy atom. The summed E-state index contributed by atoms with van der Waals surface area (Å²) in [7, 11) is 1.82. The van der Waals surface area contributed by atoms with Crippen molar-refractivity contribution in [2.45, 2.75) is 25.8 Å². The number of hydrogen-bond donors (Lipinski definition) is 3. The fourth-order valence-corrected chi connectivity index (χ4v) is 2.30. The highest BCUT2D eigenvalue weighted by Gasteiger charge is 2.51. The highest BCUT2D eigenvalue weighted by molar-refractivity contribution is 6.09. The number of anilines is 1. The second-order valence-electron chi connectivity index (χ2n) is 4.88. The van der Waals surface area contributed by atoms with Gasteiger partial charge in [0, 0.05) is 12.2 Å². The van der Waals surface area contributed by atoms with Crippen LogP contribution < -0.4 is 10.6 Å². The molecule has 0 aliphatic heterocycles. The van der Waals surface area contributed by atoms with Crippen molar-refractivity contribution in [1.29, 1.82) is 0 Å². The Morgan fingerprint density at radius 3 is 2.53 bits per heavy atom. The molecule has 1 aromatic carbocycles. The number of hydrogen-bond acceptors (Lipinski definition) is 3. The molecule has 3 N–H and O–H groups in total. The second kappa shape index (κ2) is 5.40. The van der Waals surface area contributed by atoms with Crippen LogP contribution in [0, 0.1) is 5.41 Å². The van der Waals surface area contributed by atoms with Crippen LogP contribution >= 0.6 is 0 Å². The minimum Gasteiger partial charge on any atom is -0.480 e. The number of aliphatic carboxylic acids is 1. The van der Waals surface area contributed by atoms with Crippen LogP contribution in [0.3, 0.4) is 0 Å². The molecule has 0 heterocycles. The Morgan fingerprint density at radius 1 is 1.32 bits per heavy atom. The standard InChI is InChI=1S/C14H18N2O3/c1-15-9-10-5-2-3-6-11(10)16-12(17)14(13(18)19)7-4-8-14/h2-3,5-6,15H,4,7-9H2,1H3,(H,16,17)(H,18,19). The van der Waals surface area contributed by atoms with Crippen molar-refractivity contribution in [2.24, 2.45) is 5.41 Å². The molecule has 1 saturated carbocycles. The molecule has 0 bridgehead atoms. The molecule has 5 nitrogen and oxygen atoms in total. The molecular formula is C14H18N2O3. The molecule has 0 radical (unpaired) electrons. The number of amides is 1. The molecule has 0 saturated heterocycles. The number of carbonyl (C=O) groups is 2. The maximum absolute atomic E-state index is 12.2. The summed E-state index contributed by atoms with van der Waals surface area (Å²) in [5.74, 6) is -1.43. The van der Waals surface area contributed by atoms with Gasteiger partial charge in [-0.15, -0.1) is 0 Å². The first-order valence-corrected chi connectivity index (χ1v) is 6.37. The molecule has 1 fully saturated rings. The number of carbonyl (C=O) groups excluding carboxylic acids is 1. The molecule has 0 atom stereocenters. The molecule has 19 heavy (non-hydrogen) atoms. The van der Waals surface area contributed by atoms with Crippen LogP contribution in [0.5, 0.6) is 0 Å². The van der Waals surface area contributed by atoms with Crippen molar-refractivity contribution in [3.63, 3.8) is 0 Å². The van der Waals surface area contributed by atoms with E-state index in [0.717, 1.165) is 12.0 Å². The first kappa shape index (κ1) is 13.5. The molecule has 2 rings (SSSR count). The SMILES string of the molecule is CNCc1ccccc1NC(=O)C1(C(=O)O)CCC1. The molecule has 0 aromatic heterocycles. The minimum atomic E-state index is -1.23. The average Bonchev–Trinajstić information content (AvgIpc) is 2.30. The van der Waals surface area contributed by atoms with Crippen molar-refractivity contribution in [3.05, 3.63) is 29.8 Å². The first-order chi connectivity index (χ1) is 9.10. The Kier molecular flexibility index (Phi) is 3.85. The topological polar surface area (TPSA) is 78.4 Å². The normalized spacial score (nSPS) is 16.5. The summed E-state index contributed by atoms with van der Waals surface area (Å²) in [4.78, 5) is 23.5. The largest absolute Gasteiger partial charge is 0.480 e. The summed E-state index contributed by atoms with van der Waals surface area (Å²) >= 11 is 0. The van der Waals surface area contributed by atoms with E-state index >= 15 is 0 Å². The first-order valence-electron chi connectivity index (χ1n) is 6.37. The van der Waals surface area contributed by atoms with Crippen molar-refractivity contribution in [3.8, 4) is 0 Å². The Labute approximate surface area is 112 Å². The fourth-order valence-electron chi connectivity index (χ4n) is 2.30. The maximum atomic E-state index is 12.2. The average molecular weight is 262 g/mol. The van der Waals surface area contributed by atoms with Crippen LogP contribution in [0.1, 0.15) is 24.8 Å². The van der Waals surface area contributed by atoms with Crippen LogP contribution in [0.15, 0.2) is 24.3 Å². The highest BCUT2D eigenvalue weighted by atomic mass is 16.4. The number of carboxylic acid groups (broad SMARTS) is 1. The van der Waals surface area contributed by atoms with Gasteiger partial charge in [-0.2, -0.15) is 0 Å². The fraction of sp³-hybridized carbons (Fsp3) is 0.429. The van der Waals surface area contributed by atoms with Gasteiger partial charge in [-0.3, -0.25) is 9.59 Å². The van der Waals surface area contributed by atoms with E-state index in [4.69, 9.17) is 0 Å². The predicted octanol–water partition coefficient (Wildman–Crippen LogP) is 1.60. The zero-order valence-corrected chi connectivity index (χ0v) is 10.9. The van der Waals surface area contributed by atoms with Gasteiger partial charge in [-0.05, 0) is 31.5 Å². The lowest BCUT2D eigenvalue weighted by Crippen LogP contribution is -2.48. The number of carboxylic acids is 1. The maximum Gasteiger partial charge on any atom is 0.319 e. The number of nitrogens with one attached hydrogen (secondary N) is 2. The molecular weight excluding hydrogens is 244 g/mol. The lowest BCUT2D eigenvalue weighted by atomic mass is 9.68. The summed E-state index contributed by atoms with van der Waals surface area (Å²) in [6, 6.07) is 7.40. The Bertz CT molecular complexity index is 495. The zero-order valence-electron chi connectivity index (χ0n) is 10.9. The van der Waals surface area contributed by atoms with Crippen LogP contribution in [-0.2, 0) is 16.1 Å². The van der Waals surface area contributed by atoms with Crippen molar-refractivity contribution in [1.82, 2.24) is 5.32 Å². The van der Waals surface area contributed by atoms with Gasteiger partial charge in [0.1, 0.15) is 5.41 Å². The van der Waals surface area contributed by atoms with Crippen molar-refractivity contribution in [2.75, 3.05) is 12.4 Å². The van der Waals surface area contributed by atoms with E-state index in [1.165, 1.54) is 0 Å². The number of benzene rings is 1. The Balaban J connectivity index is 2.17. The minimum absolute atomic E-state index is 0.408. The third-order valence-corrected chi connectivity index (χ3v) is 3.68. The van der Waals surface area contributed by atoms with Crippen LogP contribution in [0.25, 0.3) is 0 Å². The zero-order chi connectivity index (χ0) is 13.9. The molecule has 1 aromatic rings. The molecule has 0 spiro atoms. The molecule has 0 unspecified atom stereocenters. The summed E-state index contributed by atoms with van der Waals surface area (Å²) in [5, 5.41) is 15.0. The molecule has 1 aliphatic carbocycles. The van der Waals surface area contributed by atoms with E-state index in [-0.39, 0.29) is 0 Å². The van der Waals surface area contributed by atoms with Crippen LogP contribution in [-0.4, -0.2) is 24.0 Å². The summed E-state index contributed by atoms with van der Waals surface area (Å²) in [6.45, 7) is 0.622. The van der Waals surface area contributed by atoms with E-state index in [1.807, 2.05) is 25.2 Å². The monoisotopic (exact) mass is 262 g/mol. The third kappa shape index (κ3) is 2.46. The van der Waals surface area contributed by atoms with E-state index in [9.17, 15) is 14.7 Å². The summed E-state index contributed by atoms with van der Waals surface area (Å²) in [6.07, 6.45) is 1.63. The van der Waals surface area contributed by atoms with Crippen molar-refractivity contribution < 1.29 is 14.7 Å². The molecule has 1 aliphatic rings. The van der Waals surface area contributed by atoms with Crippen LogP contribution in [0.2, 0.25) is 0 Å². The highest BCUT2D eigenvalue weighted by Crippen LogP contribution is 2.42. The quantitative estimate of drug-likeness (QED) is 0.704. The van der Waals surface area contributed by atoms with E-state index in [1.54, 1.807) is 6.07 Å². The lowest BCUT2D eigenvalue weighted by Gasteiger charge is -2.35. The summed E-state index contributed by atoms with van der Waals surface area (Å²) in [5.41, 5.74) is 0.389. The summed E-state index contributed by atoms with van der Waals surface area (Å²) < 4.78 is 0. The molecule has 1 amide bonds. The van der Waals surface area contributed by atoms with E-state index < -0.39 is 17.3 Å². The predicted molar refractivity (Wildman–Crippen MR) is 71.8 cm³/mol. The van der Waals surface area contributed by atoms with Gasteiger partial charge in [0.05, 0.1) is 0 Å². The van der Waals surface area contributed by atoms with Gasteiger partial charge in [0.15, 0.2) is 0 Å². The lowest BCUT2D eigenvalue weighted by molar-refractivity contribution is -0.159. The van der Waals surface area contributed by atoms with E-state index in [2.05, 4.69) is 10.6 Å². The van der Waals surface area contributed by atoms with Gasteiger partial charge < -0.3 is 15.7 Å². The van der Waals surface area contributed by atoms with Gasteiger partial charge in [0.25, 0.3) is 0 Å². The number of para-hydroxylation sites is 1. The van der Waals surface area contributed by atoms with Gasteiger partial charge >= 0.3 is 5.97 Å². The Hall–Kier alpha value is -1.88. The van der Waals surface area contributed by atoms with Crippen LogP contribution in [0.4, 0.5) is 5.69 Å². The van der Waals surface area contributed by atoms with Crippen molar-refractivity contribution >= 4 is 17.6 Å². The smallest absolute Gasteiger partial charge is 0.319 e. The number of rotatable bonds is 5. The third-order valence-electron chi connectivity index (χ3n) is 3.68. The van der Waals surface area contributed by atoms with E-state index in [0.29, 0.717) is 25.1 Å².